The summed E-state index contributed by atoms with van der Waals surface area (Å²) in [6.07, 6.45) is -11.9. The molecule has 18 heavy (non-hydrogen) atoms. The van der Waals surface area contributed by atoms with Crippen molar-refractivity contribution in [3.8, 4) is 0 Å². The van der Waals surface area contributed by atoms with Gasteiger partial charge in [-0.1, -0.05) is 0 Å². The third-order valence-corrected chi connectivity index (χ3v) is 2.23. The fourth-order valence-corrected chi connectivity index (χ4v) is 1.63. The van der Waals surface area contributed by atoms with Crippen molar-refractivity contribution in [2.45, 2.75) is 18.1 Å². The molecule has 0 amide bonds. The summed E-state index contributed by atoms with van der Waals surface area (Å²) in [5.74, 6) is -1.75. The summed E-state index contributed by atoms with van der Waals surface area (Å²) in [5.41, 5.74) is -4.83. The second-order valence-corrected chi connectivity index (χ2v) is 3.75. The first-order valence-corrected chi connectivity index (χ1v) is 4.58. The zero-order valence-electron chi connectivity index (χ0n) is 8.23. The van der Waals surface area contributed by atoms with Gasteiger partial charge in [0.05, 0.1) is 6.54 Å². The Morgan fingerprint density at radius 1 is 1.28 bits per heavy atom. The first-order chi connectivity index (χ1) is 7.92. The number of rotatable bonds is 2. The van der Waals surface area contributed by atoms with Gasteiger partial charge in [0.1, 0.15) is 6.54 Å². The maximum Gasteiger partial charge on any atom is 0.453 e. The minimum atomic E-state index is -5.95. The quantitative estimate of drug-likeness (QED) is 0.440. The smallest absolute Gasteiger partial charge is 0.424 e. The normalized spacial score (nSPS) is 20.9. The SMILES string of the molecule is O=C(Cl)CN1CC(=O)OC1(C(F)(F)F)C(F)(F)F. The van der Waals surface area contributed by atoms with E-state index in [9.17, 15) is 35.9 Å². The fraction of sp³-hybridized carbons (Fsp3) is 0.714. The number of carbonyl (C=O) groups excluding carboxylic acids is 2. The van der Waals surface area contributed by atoms with Gasteiger partial charge < -0.3 is 4.74 Å². The van der Waals surface area contributed by atoms with Crippen molar-refractivity contribution >= 4 is 22.8 Å². The van der Waals surface area contributed by atoms with Crippen molar-refractivity contribution in [3.05, 3.63) is 0 Å². The summed E-state index contributed by atoms with van der Waals surface area (Å²) in [6, 6.07) is 0. The van der Waals surface area contributed by atoms with Crippen LogP contribution in [-0.4, -0.2) is 47.3 Å². The largest absolute Gasteiger partial charge is 0.453 e. The molecule has 0 bridgehead atoms. The highest BCUT2D eigenvalue weighted by Crippen LogP contribution is 2.50. The lowest BCUT2D eigenvalue weighted by molar-refractivity contribution is -0.398. The highest BCUT2D eigenvalue weighted by molar-refractivity contribution is 6.64. The molecule has 0 atom stereocenters. The molecule has 0 spiro atoms. The van der Waals surface area contributed by atoms with E-state index in [-0.39, 0.29) is 0 Å². The molecule has 0 saturated carbocycles. The first kappa shape index (κ1) is 15.0. The zero-order chi connectivity index (χ0) is 14.4. The van der Waals surface area contributed by atoms with E-state index >= 15 is 0 Å². The number of ether oxygens (including phenoxy) is 1. The van der Waals surface area contributed by atoms with Crippen LogP contribution in [0.1, 0.15) is 0 Å². The number of nitrogens with zero attached hydrogens (tertiary/aromatic N) is 1. The molecule has 0 aromatic rings. The van der Waals surface area contributed by atoms with Gasteiger partial charge in [-0.05, 0) is 11.6 Å². The summed E-state index contributed by atoms with van der Waals surface area (Å²) in [7, 11) is 0. The van der Waals surface area contributed by atoms with Gasteiger partial charge >= 0.3 is 24.0 Å². The molecule has 1 aliphatic rings. The Morgan fingerprint density at radius 3 is 2.06 bits per heavy atom. The van der Waals surface area contributed by atoms with E-state index in [1.54, 1.807) is 0 Å². The lowest BCUT2D eigenvalue weighted by atomic mass is 10.1. The van der Waals surface area contributed by atoms with Gasteiger partial charge in [0, 0.05) is 0 Å². The number of cyclic esters (lactones) is 1. The molecule has 1 aliphatic heterocycles. The Kier molecular flexibility index (Phi) is 3.56. The number of hydrogen-bond acceptors (Lipinski definition) is 4. The number of alkyl halides is 6. The second-order valence-electron chi connectivity index (χ2n) is 3.32. The van der Waals surface area contributed by atoms with E-state index in [0.29, 0.717) is 0 Å². The first-order valence-electron chi connectivity index (χ1n) is 4.20. The van der Waals surface area contributed by atoms with Crippen LogP contribution in [0.2, 0.25) is 0 Å². The van der Waals surface area contributed by atoms with Crippen LogP contribution in [0.15, 0.2) is 0 Å². The summed E-state index contributed by atoms with van der Waals surface area (Å²) in [5, 5.41) is -1.48. The maximum absolute atomic E-state index is 12.6. The van der Waals surface area contributed by atoms with Gasteiger partial charge in [-0.15, -0.1) is 0 Å². The lowest BCUT2D eigenvalue weighted by Gasteiger charge is -2.37. The Morgan fingerprint density at radius 2 is 1.72 bits per heavy atom. The molecule has 0 aliphatic carbocycles. The van der Waals surface area contributed by atoms with Crippen molar-refractivity contribution in [1.29, 1.82) is 0 Å². The number of esters is 1. The van der Waals surface area contributed by atoms with E-state index in [1.165, 1.54) is 0 Å². The topological polar surface area (TPSA) is 46.6 Å². The number of hydrogen-bond donors (Lipinski definition) is 0. The van der Waals surface area contributed by atoms with Crippen LogP contribution in [-0.2, 0) is 14.3 Å². The molecule has 0 unspecified atom stereocenters. The molecule has 11 heteroatoms. The molecule has 104 valence electrons. The molecule has 4 nitrogen and oxygen atoms in total. The predicted octanol–water partition coefficient (Wildman–Crippen LogP) is 1.43. The molecule has 0 N–H and O–H groups in total. The Bertz CT molecular complexity index is 364. The van der Waals surface area contributed by atoms with Gasteiger partial charge in [0.2, 0.25) is 5.24 Å². The highest BCUT2D eigenvalue weighted by atomic mass is 35.5. The average Bonchev–Trinajstić information content (AvgIpc) is 2.39. The van der Waals surface area contributed by atoms with E-state index < -0.39 is 47.3 Å². The average molecular weight is 300 g/mol. The monoisotopic (exact) mass is 299 g/mol. The van der Waals surface area contributed by atoms with Crippen LogP contribution in [0.4, 0.5) is 26.3 Å². The molecule has 1 heterocycles. The van der Waals surface area contributed by atoms with Gasteiger partial charge in [-0.2, -0.15) is 26.3 Å². The molecule has 1 fully saturated rings. The van der Waals surface area contributed by atoms with Crippen LogP contribution in [0.25, 0.3) is 0 Å². The van der Waals surface area contributed by atoms with E-state index in [0.717, 1.165) is 0 Å². The summed E-state index contributed by atoms with van der Waals surface area (Å²) < 4.78 is 79.0. The molecule has 0 aromatic carbocycles. The van der Waals surface area contributed by atoms with Gasteiger partial charge in [0.15, 0.2) is 0 Å². The molecular formula is C7H4ClF6NO3. The van der Waals surface area contributed by atoms with Crippen LogP contribution in [0.5, 0.6) is 0 Å². The van der Waals surface area contributed by atoms with Crippen LogP contribution in [0, 0.1) is 0 Å². The van der Waals surface area contributed by atoms with Crippen LogP contribution in [0.3, 0.4) is 0 Å². The van der Waals surface area contributed by atoms with Crippen molar-refractivity contribution in [2.75, 3.05) is 13.1 Å². The van der Waals surface area contributed by atoms with E-state index in [2.05, 4.69) is 4.74 Å². The molecule has 0 aromatic heterocycles. The Balaban J connectivity index is 3.31. The maximum atomic E-state index is 12.6. The molecular weight excluding hydrogens is 296 g/mol. The van der Waals surface area contributed by atoms with Crippen molar-refractivity contribution in [3.63, 3.8) is 0 Å². The van der Waals surface area contributed by atoms with Gasteiger partial charge in [0.25, 0.3) is 0 Å². The standard InChI is InChI=1S/C7H4ClF6NO3/c8-3(16)1-15-2-4(17)18-5(15,6(9,10)11)7(12,13)14/h1-2H2. The Hall–Kier alpha value is -1.03. The van der Waals surface area contributed by atoms with Crippen molar-refractivity contribution in [2.24, 2.45) is 0 Å². The van der Waals surface area contributed by atoms with Crippen molar-refractivity contribution in [1.82, 2.24) is 4.90 Å². The van der Waals surface area contributed by atoms with Crippen LogP contribution >= 0.6 is 11.6 Å². The number of halogens is 7. The van der Waals surface area contributed by atoms with Crippen LogP contribution < -0.4 is 0 Å². The molecule has 1 rings (SSSR count). The fourth-order valence-electron chi connectivity index (χ4n) is 1.48. The molecule has 1 saturated heterocycles. The second kappa shape index (κ2) is 4.26. The third-order valence-electron chi connectivity index (χ3n) is 2.11. The van der Waals surface area contributed by atoms with E-state index in [1.807, 2.05) is 0 Å². The van der Waals surface area contributed by atoms with Crippen molar-refractivity contribution < 1.29 is 40.7 Å². The summed E-state index contributed by atoms with van der Waals surface area (Å²) in [6.45, 7) is -2.76. The van der Waals surface area contributed by atoms with Gasteiger partial charge in [-0.25, -0.2) is 4.90 Å². The summed E-state index contributed by atoms with van der Waals surface area (Å²) in [4.78, 5) is 20.7. The highest BCUT2D eigenvalue weighted by Gasteiger charge is 2.80. The third kappa shape index (κ3) is 2.26. The molecule has 0 radical (unpaired) electrons. The zero-order valence-corrected chi connectivity index (χ0v) is 8.99. The van der Waals surface area contributed by atoms with E-state index in [4.69, 9.17) is 11.6 Å². The minimum absolute atomic E-state index is 0.495. The lowest BCUT2D eigenvalue weighted by Crippen LogP contribution is -2.66. The Labute approximate surface area is 100 Å². The van der Waals surface area contributed by atoms with Gasteiger partial charge in [-0.3, -0.25) is 9.59 Å². The number of carbonyl (C=O) groups is 2. The predicted molar refractivity (Wildman–Crippen MR) is 43.4 cm³/mol. The minimum Gasteiger partial charge on any atom is -0.424 e. The summed E-state index contributed by atoms with van der Waals surface area (Å²) >= 11 is 4.75.